The molecule has 172 valence electrons. The Morgan fingerprint density at radius 3 is 2.58 bits per heavy atom. The summed E-state index contributed by atoms with van der Waals surface area (Å²) in [6.07, 6.45) is 0. The van der Waals surface area contributed by atoms with Crippen LogP contribution in [0.2, 0.25) is 10.0 Å². The maximum Gasteiger partial charge on any atom is 0.277 e. The minimum absolute atomic E-state index is 0.163. The molecular formula is C23H20BrCl2N3O3S. The standard InChI is InChI=1S/C23H20BrCl2N3O3S/c1-23(2)10-32-11-28(23)22(30)19-21-20(29(27-19)15-6-13(25)5-14(26)7-15)16-8-17(24)18(31-3)4-12(16)9-33-21/h4-8H,9-11H2,1-3H3. The summed E-state index contributed by atoms with van der Waals surface area (Å²) in [5.74, 6) is 1.28. The van der Waals surface area contributed by atoms with Gasteiger partial charge in [0.1, 0.15) is 12.5 Å². The third-order valence-electron chi connectivity index (χ3n) is 5.79. The number of carbonyl (C=O) groups is 1. The number of halogens is 3. The monoisotopic (exact) mass is 567 g/mol. The summed E-state index contributed by atoms with van der Waals surface area (Å²) in [5, 5.41) is 5.79. The molecule has 0 radical (unpaired) electrons. The number of rotatable bonds is 3. The van der Waals surface area contributed by atoms with E-state index >= 15 is 0 Å². The van der Waals surface area contributed by atoms with Gasteiger partial charge in [0.25, 0.3) is 5.91 Å². The van der Waals surface area contributed by atoms with E-state index in [1.54, 1.807) is 46.7 Å². The molecule has 2 aliphatic heterocycles. The van der Waals surface area contributed by atoms with Crippen molar-refractivity contribution in [2.45, 2.75) is 30.0 Å². The second-order valence-corrected chi connectivity index (χ2v) is 11.2. The Balaban J connectivity index is 1.75. The van der Waals surface area contributed by atoms with Gasteiger partial charge in [-0.3, -0.25) is 4.79 Å². The molecule has 0 unspecified atom stereocenters. The van der Waals surface area contributed by atoms with Crippen LogP contribution < -0.4 is 4.74 Å². The topological polar surface area (TPSA) is 56.6 Å². The predicted octanol–water partition coefficient (Wildman–Crippen LogP) is 6.43. The van der Waals surface area contributed by atoms with Crippen LogP contribution in [-0.4, -0.2) is 46.6 Å². The number of ether oxygens (including phenoxy) is 2. The summed E-state index contributed by atoms with van der Waals surface area (Å²) < 4.78 is 13.7. The van der Waals surface area contributed by atoms with Crippen molar-refractivity contribution in [1.82, 2.24) is 14.7 Å². The fourth-order valence-electron chi connectivity index (χ4n) is 4.11. The maximum atomic E-state index is 13.7. The first-order valence-electron chi connectivity index (χ1n) is 10.2. The highest BCUT2D eigenvalue weighted by Gasteiger charge is 2.40. The molecule has 1 aromatic heterocycles. The lowest BCUT2D eigenvalue weighted by Gasteiger charge is -2.28. The molecule has 0 N–H and O–H groups in total. The average molecular weight is 569 g/mol. The van der Waals surface area contributed by atoms with E-state index < -0.39 is 5.54 Å². The Kier molecular flexibility index (Phi) is 5.94. The molecule has 0 saturated carbocycles. The average Bonchev–Trinajstić information content (AvgIpc) is 3.32. The van der Waals surface area contributed by atoms with Crippen molar-refractivity contribution in [3.63, 3.8) is 0 Å². The number of hydrogen-bond acceptors (Lipinski definition) is 5. The number of thioether (sulfide) groups is 1. The van der Waals surface area contributed by atoms with E-state index in [-0.39, 0.29) is 12.6 Å². The predicted molar refractivity (Wildman–Crippen MR) is 134 cm³/mol. The van der Waals surface area contributed by atoms with Crippen molar-refractivity contribution in [2.24, 2.45) is 0 Å². The van der Waals surface area contributed by atoms with Gasteiger partial charge in [0.2, 0.25) is 0 Å². The Hall–Kier alpha value is -1.71. The van der Waals surface area contributed by atoms with Gasteiger partial charge in [-0.1, -0.05) is 23.2 Å². The van der Waals surface area contributed by atoms with Gasteiger partial charge in [0, 0.05) is 21.4 Å². The van der Waals surface area contributed by atoms with Gasteiger partial charge in [-0.05, 0) is 65.7 Å². The van der Waals surface area contributed by atoms with Crippen LogP contribution in [0.3, 0.4) is 0 Å². The molecule has 1 amide bonds. The van der Waals surface area contributed by atoms with Crippen LogP contribution in [-0.2, 0) is 10.5 Å². The van der Waals surface area contributed by atoms with E-state index in [0.29, 0.717) is 33.8 Å². The Bertz CT molecular complexity index is 1270. The van der Waals surface area contributed by atoms with E-state index in [9.17, 15) is 4.79 Å². The van der Waals surface area contributed by atoms with E-state index in [2.05, 4.69) is 15.9 Å². The number of carbonyl (C=O) groups excluding carboxylic acids is 1. The highest BCUT2D eigenvalue weighted by atomic mass is 79.9. The number of fused-ring (bicyclic) bond motifs is 3. The minimum atomic E-state index is -0.416. The van der Waals surface area contributed by atoms with E-state index in [1.165, 1.54) is 0 Å². The number of hydrogen-bond donors (Lipinski definition) is 0. The minimum Gasteiger partial charge on any atom is -0.496 e. The van der Waals surface area contributed by atoms with Crippen molar-refractivity contribution in [1.29, 1.82) is 0 Å². The van der Waals surface area contributed by atoms with Crippen LogP contribution in [0.15, 0.2) is 39.7 Å². The quantitative estimate of drug-likeness (QED) is 0.364. The third-order valence-corrected chi connectivity index (χ3v) is 7.98. The molecule has 1 saturated heterocycles. The maximum absolute atomic E-state index is 13.7. The van der Waals surface area contributed by atoms with Gasteiger partial charge in [-0.2, -0.15) is 5.10 Å². The summed E-state index contributed by atoms with van der Waals surface area (Å²) in [6.45, 7) is 4.70. The second kappa shape index (κ2) is 8.50. The van der Waals surface area contributed by atoms with Gasteiger partial charge in [-0.15, -0.1) is 11.8 Å². The zero-order valence-electron chi connectivity index (χ0n) is 18.1. The normalized spacial score (nSPS) is 16.5. The fourth-order valence-corrected chi connectivity index (χ4v) is 6.26. The van der Waals surface area contributed by atoms with Gasteiger partial charge < -0.3 is 14.4 Å². The van der Waals surface area contributed by atoms with Crippen LogP contribution in [0, 0.1) is 0 Å². The molecule has 5 rings (SSSR count). The van der Waals surface area contributed by atoms with Crippen molar-refractivity contribution in [3.8, 4) is 22.7 Å². The lowest BCUT2D eigenvalue weighted by Crippen LogP contribution is -2.44. The van der Waals surface area contributed by atoms with E-state index in [1.807, 2.05) is 26.0 Å². The SMILES string of the molecule is COc1cc2c(cc1Br)-c1c(c(C(=O)N3COCC3(C)C)nn1-c1cc(Cl)cc(Cl)c1)SC2. The molecule has 10 heteroatoms. The fraction of sp³-hybridized carbons (Fsp3) is 0.304. The molecule has 2 aliphatic rings. The summed E-state index contributed by atoms with van der Waals surface area (Å²) in [7, 11) is 1.64. The first kappa shape index (κ1) is 23.1. The van der Waals surface area contributed by atoms with E-state index in [4.69, 9.17) is 37.8 Å². The molecule has 33 heavy (non-hydrogen) atoms. The largest absolute Gasteiger partial charge is 0.496 e. The molecule has 6 nitrogen and oxygen atoms in total. The van der Waals surface area contributed by atoms with Crippen molar-refractivity contribution in [3.05, 3.63) is 56.1 Å². The number of benzene rings is 2. The smallest absolute Gasteiger partial charge is 0.277 e. The Labute approximate surface area is 214 Å². The van der Waals surface area contributed by atoms with Gasteiger partial charge in [-0.25, -0.2) is 4.68 Å². The molecule has 1 fully saturated rings. The number of amides is 1. The van der Waals surface area contributed by atoms with Crippen LogP contribution in [0.1, 0.15) is 29.9 Å². The van der Waals surface area contributed by atoms with Crippen molar-refractivity contribution < 1.29 is 14.3 Å². The van der Waals surface area contributed by atoms with Gasteiger partial charge >= 0.3 is 0 Å². The van der Waals surface area contributed by atoms with Crippen LogP contribution >= 0.6 is 50.9 Å². The lowest BCUT2D eigenvalue weighted by atomic mass is 10.0. The molecular weight excluding hydrogens is 549 g/mol. The summed E-state index contributed by atoms with van der Waals surface area (Å²) in [4.78, 5) is 16.2. The van der Waals surface area contributed by atoms with Crippen LogP contribution in [0.4, 0.5) is 0 Å². The molecule has 0 atom stereocenters. The highest BCUT2D eigenvalue weighted by Crippen LogP contribution is 2.48. The number of aromatic nitrogens is 2. The zero-order valence-corrected chi connectivity index (χ0v) is 22.0. The second-order valence-electron chi connectivity index (χ2n) is 8.52. The molecule has 3 heterocycles. The van der Waals surface area contributed by atoms with E-state index in [0.717, 1.165) is 31.9 Å². The molecule has 2 aromatic carbocycles. The molecule has 0 bridgehead atoms. The first-order valence-corrected chi connectivity index (χ1v) is 12.7. The van der Waals surface area contributed by atoms with Crippen molar-refractivity contribution >= 4 is 56.8 Å². The van der Waals surface area contributed by atoms with Crippen LogP contribution in [0.5, 0.6) is 5.75 Å². The number of methoxy groups -OCH3 is 1. The van der Waals surface area contributed by atoms with Crippen molar-refractivity contribution in [2.75, 3.05) is 20.4 Å². The zero-order chi connectivity index (χ0) is 23.5. The Morgan fingerprint density at radius 2 is 1.94 bits per heavy atom. The third kappa shape index (κ3) is 3.96. The number of nitrogens with zero attached hydrogens (tertiary/aromatic N) is 3. The first-order chi connectivity index (χ1) is 15.7. The highest BCUT2D eigenvalue weighted by molar-refractivity contribution is 9.10. The lowest BCUT2D eigenvalue weighted by molar-refractivity contribution is 0.0595. The summed E-state index contributed by atoms with van der Waals surface area (Å²) in [6, 6.07) is 9.26. The Morgan fingerprint density at radius 1 is 1.21 bits per heavy atom. The van der Waals surface area contributed by atoms with Gasteiger partial charge in [0.15, 0.2) is 5.69 Å². The van der Waals surface area contributed by atoms with Gasteiger partial charge in [0.05, 0.1) is 40.0 Å². The molecule has 0 aliphatic carbocycles. The van der Waals surface area contributed by atoms with Crippen LogP contribution in [0.25, 0.3) is 16.9 Å². The molecule has 3 aromatic rings. The molecule has 0 spiro atoms. The summed E-state index contributed by atoms with van der Waals surface area (Å²) >= 11 is 17.8. The summed E-state index contributed by atoms with van der Waals surface area (Å²) in [5.41, 5.74) is 3.54.